The lowest BCUT2D eigenvalue weighted by Crippen LogP contribution is -2.45. The van der Waals surface area contributed by atoms with E-state index >= 15 is 0 Å². The molecule has 0 saturated carbocycles. The molecule has 0 aromatic heterocycles. The summed E-state index contributed by atoms with van der Waals surface area (Å²) in [5.41, 5.74) is 0.911. The van der Waals surface area contributed by atoms with Gasteiger partial charge in [-0.25, -0.2) is 4.39 Å². The Bertz CT molecular complexity index is 427. The zero-order chi connectivity index (χ0) is 14.4. The number of halogens is 1. The highest BCUT2D eigenvalue weighted by molar-refractivity contribution is 5.78. The lowest BCUT2D eigenvalue weighted by Gasteiger charge is -2.31. The number of nitrogens with one attached hydrogen (secondary N) is 2. The van der Waals surface area contributed by atoms with E-state index in [9.17, 15) is 9.18 Å². The first-order valence-electron chi connectivity index (χ1n) is 7.08. The minimum atomic E-state index is -0.257. The fourth-order valence-corrected chi connectivity index (χ4v) is 2.44. The molecule has 1 fully saturated rings. The summed E-state index contributed by atoms with van der Waals surface area (Å²) in [5, 5.41) is 6.14. The molecule has 1 saturated heterocycles. The van der Waals surface area contributed by atoms with Crippen molar-refractivity contribution in [3.63, 3.8) is 0 Å². The highest BCUT2D eigenvalue weighted by Gasteiger charge is 2.19. The third-order valence-corrected chi connectivity index (χ3v) is 3.77. The molecule has 0 unspecified atom stereocenters. The van der Waals surface area contributed by atoms with Crippen molar-refractivity contribution in [2.45, 2.75) is 25.4 Å². The van der Waals surface area contributed by atoms with Crippen LogP contribution < -0.4 is 10.6 Å². The molecule has 20 heavy (non-hydrogen) atoms. The van der Waals surface area contributed by atoms with Gasteiger partial charge in [-0.15, -0.1) is 0 Å². The SMILES string of the molecule is CNC1CCN(CC(=O)NCc2ccc(F)cc2)CC1. The van der Waals surface area contributed by atoms with Crippen molar-refractivity contribution >= 4 is 5.91 Å². The molecule has 2 N–H and O–H groups in total. The van der Waals surface area contributed by atoms with Gasteiger partial charge in [-0.2, -0.15) is 0 Å². The van der Waals surface area contributed by atoms with Crippen LogP contribution in [0.2, 0.25) is 0 Å². The third-order valence-electron chi connectivity index (χ3n) is 3.77. The van der Waals surface area contributed by atoms with E-state index in [1.54, 1.807) is 12.1 Å². The normalized spacial score (nSPS) is 17.1. The van der Waals surface area contributed by atoms with Crippen LogP contribution in [-0.4, -0.2) is 43.5 Å². The van der Waals surface area contributed by atoms with E-state index in [4.69, 9.17) is 0 Å². The van der Waals surface area contributed by atoms with Gasteiger partial charge in [0.25, 0.3) is 0 Å². The lowest BCUT2D eigenvalue weighted by molar-refractivity contribution is -0.122. The molecule has 4 nitrogen and oxygen atoms in total. The first kappa shape index (κ1) is 14.9. The van der Waals surface area contributed by atoms with Crippen LogP contribution in [0.15, 0.2) is 24.3 Å². The molecule has 1 aliphatic rings. The van der Waals surface area contributed by atoms with Crippen LogP contribution in [0, 0.1) is 5.82 Å². The van der Waals surface area contributed by atoms with Gasteiger partial charge in [0.1, 0.15) is 5.82 Å². The van der Waals surface area contributed by atoms with Crippen molar-refractivity contribution in [2.24, 2.45) is 0 Å². The van der Waals surface area contributed by atoms with Gasteiger partial charge in [-0.3, -0.25) is 9.69 Å². The van der Waals surface area contributed by atoms with Gasteiger partial charge in [0.15, 0.2) is 0 Å². The maximum atomic E-state index is 12.8. The van der Waals surface area contributed by atoms with Gasteiger partial charge in [-0.05, 0) is 37.6 Å². The van der Waals surface area contributed by atoms with Gasteiger partial charge >= 0.3 is 0 Å². The van der Waals surface area contributed by atoms with Crippen molar-refractivity contribution < 1.29 is 9.18 Å². The summed E-state index contributed by atoms with van der Waals surface area (Å²) >= 11 is 0. The first-order valence-corrected chi connectivity index (χ1v) is 7.08. The minimum absolute atomic E-state index is 0.0252. The first-order chi connectivity index (χ1) is 9.67. The average molecular weight is 279 g/mol. The van der Waals surface area contributed by atoms with Crippen LogP contribution in [0.4, 0.5) is 4.39 Å². The molecule has 0 atom stereocenters. The predicted octanol–water partition coefficient (Wildman–Crippen LogP) is 1.13. The number of amides is 1. The summed E-state index contributed by atoms with van der Waals surface area (Å²) in [4.78, 5) is 14.0. The van der Waals surface area contributed by atoms with Crippen LogP contribution in [0.5, 0.6) is 0 Å². The molecule has 1 heterocycles. The van der Waals surface area contributed by atoms with E-state index < -0.39 is 0 Å². The van der Waals surface area contributed by atoms with Crippen molar-refractivity contribution in [3.8, 4) is 0 Å². The lowest BCUT2D eigenvalue weighted by atomic mass is 10.1. The summed E-state index contributed by atoms with van der Waals surface area (Å²) in [5.74, 6) is -0.232. The molecule has 5 heteroatoms. The van der Waals surface area contributed by atoms with Crippen molar-refractivity contribution in [2.75, 3.05) is 26.7 Å². The van der Waals surface area contributed by atoms with Crippen LogP contribution in [0.25, 0.3) is 0 Å². The molecular formula is C15H22FN3O. The second-order valence-corrected chi connectivity index (χ2v) is 5.24. The average Bonchev–Trinajstić information content (AvgIpc) is 2.47. The van der Waals surface area contributed by atoms with Crippen molar-refractivity contribution in [1.82, 2.24) is 15.5 Å². The number of nitrogens with zero attached hydrogens (tertiary/aromatic N) is 1. The van der Waals surface area contributed by atoms with E-state index in [1.165, 1.54) is 12.1 Å². The topological polar surface area (TPSA) is 44.4 Å². The number of hydrogen-bond donors (Lipinski definition) is 2. The number of benzene rings is 1. The summed E-state index contributed by atoms with van der Waals surface area (Å²) in [7, 11) is 1.98. The summed E-state index contributed by atoms with van der Waals surface area (Å²) in [6.07, 6.45) is 2.17. The number of likely N-dealkylation sites (tertiary alicyclic amines) is 1. The highest BCUT2D eigenvalue weighted by Crippen LogP contribution is 2.09. The van der Waals surface area contributed by atoms with Gasteiger partial charge in [0, 0.05) is 25.7 Å². The Morgan fingerprint density at radius 2 is 1.95 bits per heavy atom. The van der Waals surface area contributed by atoms with E-state index in [2.05, 4.69) is 15.5 Å². The van der Waals surface area contributed by atoms with E-state index in [0.29, 0.717) is 19.1 Å². The Hall–Kier alpha value is -1.46. The zero-order valence-corrected chi connectivity index (χ0v) is 11.9. The zero-order valence-electron chi connectivity index (χ0n) is 11.9. The molecule has 1 aliphatic heterocycles. The quantitative estimate of drug-likeness (QED) is 0.849. The minimum Gasteiger partial charge on any atom is -0.351 e. The molecule has 1 aromatic rings. The standard InChI is InChI=1S/C15H22FN3O/c1-17-14-6-8-19(9-7-14)11-15(20)18-10-12-2-4-13(16)5-3-12/h2-5,14,17H,6-11H2,1H3,(H,18,20). The Morgan fingerprint density at radius 3 is 2.55 bits per heavy atom. The third kappa shape index (κ3) is 4.58. The number of carbonyl (C=O) groups is 1. The van der Waals surface area contributed by atoms with Gasteiger partial charge in [0.05, 0.1) is 6.54 Å². The molecular weight excluding hydrogens is 257 g/mol. The molecule has 0 spiro atoms. The molecule has 1 aromatic carbocycles. The van der Waals surface area contributed by atoms with Crippen LogP contribution >= 0.6 is 0 Å². The monoisotopic (exact) mass is 279 g/mol. The van der Waals surface area contributed by atoms with Crippen LogP contribution in [-0.2, 0) is 11.3 Å². The Kier molecular flexibility index (Phi) is 5.49. The second kappa shape index (κ2) is 7.36. The fraction of sp³-hybridized carbons (Fsp3) is 0.533. The molecule has 0 aliphatic carbocycles. The summed E-state index contributed by atoms with van der Waals surface area (Å²) in [6.45, 7) is 2.80. The molecule has 0 bridgehead atoms. The molecule has 0 radical (unpaired) electrons. The van der Waals surface area contributed by atoms with Gasteiger partial charge in [0.2, 0.25) is 5.91 Å². The molecule has 110 valence electrons. The van der Waals surface area contributed by atoms with E-state index in [-0.39, 0.29) is 11.7 Å². The Balaban J connectivity index is 1.69. The maximum absolute atomic E-state index is 12.8. The van der Waals surface area contributed by atoms with Gasteiger partial charge < -0.3 is 10.6 Å². The fourth-order valence-electron chi connectivity index (χ4n) is 2.44. The van der Waals surface area contributed by atoms with Crippen molar-refractivity contribution in [3.05, 3.63) is 35.6 Å². The largest absolute Gasteiger partial charge is 0.351 e. The number of piperidine rings is 1. The van der Waals surface area contributed by atoms with E-state index in [1.807, 2.05) is 7.05 Å². The molecule has 2 rings (SSSR count). The summed E-state index contributed by atoms with van der Waals surface area (Å²) in [6, 6.07) is 6.77. The number of rotatable bonds is 5. The second-order valence-electron chi connectivity index (χ2n) is 5.24. The van der Waals surface area contributed by atoms with Crippen LogP contribution in [0.3, 0.4) is 0 Å². The van der Waals surface area contributed by atoms with E-state index in [0.717, 1.165) is 31.5 Å². The molecule has 1 amide bonds. The predicted molar refractivity (Wildman–Crippen MR) is 76.8 cm³/mol. The number of carbonyl (C=O) groups excluding carboxylic acids is 1. The smallest absolute Gasteiger partial charge is 0.234 e. The van der Waals surface area contributed by atoms with Crippen molar-refractivity contribution in [1.29, 1.82) is 0 Å². The highest BCUT2D eigenvalue weighted by atomic mass is 19.1. The van der Waals surface area contributed by atoms with Gasteiger partial charge in [-0.1, -0.05) is 12.1 Å². The number of hydrogen-bond acceptors (Lipinski definition) is 3. The summed E-state index contributed by atoms with van der Waals surface area (Å²) < 4.78 is 12.8. The van der Waals surface area contributed by atoms with Crippen LogP contribution in [0.1, 0.15) is 18.4 Å². The Labute approximate surface area is 119 Å². The Morgan fingerprint density at radius 1 is 1.30 bits per heavy atom. The maximum Gasteiger partial charge on any atom is 0.234 e.